The van der Waals surface area contributed by atoms with Gasteiger partial charge in [-0.2, -0.15) is 0 Å². The number of carbonyl (C=O) groups excluding carboxylic acids is 1. The molecule has 0 saturated carbocycles. The van der Waals surface area contributed by atoms with Gasteiger partial charge in [0, 0.05) is 56.4 Å². The summed E-state index contributed by atoms with van der Waals surface area (Å²) in [7, 11) is 2.16. The maximum Gasteiger partial charge on any atom is 0.263 e. The maximum absolute atomic E-state index is 12.4. The number of thiazole rings is 1. The zero-order valence-corrected chi connectivity index (χ0v) is 16.7. The molecule has 0 spiro atoms. The third kappa shape index (κ3) is 4.37. The van der Waals surface area contributed by atoms with E-state index in [1.807, 2.05) is 12.1 Å². The number of amides is 1. The number of hydrogen-bond donors (Lipinski definition) is 1. The molecule has 2 aromatic heterocycles. The summed E-state index contributed by atoms with van der Waals surface area (Å²) in [6, 6.07) is 12.3. The van der Waals surface area contributed by atoms with Crippen LogP contribution in [0, 0.1) is 0 Å². The Kier molecular flexibility index (Phi) is 5.64. The Hall–Kier alpha value is -2.77. The third-order valence-electron chi connectivity index (χ3n) is 4.89. The van der Waals surface area contributed by atoms with Gasteiger partial charge < -0.3 is 15.1 Å². The van der Waals surface area contributed by atoms with E-state index in [1.54, 1.807) is 18.6 Å². The molecule has 7 heteroatoms. The Balaban J connectivity index is 1.39. The van der Waals surface area contributed by atoms with Crippen LogP contribution in [0.15, 0.2) is 55.0 Å². The van der Waals surface area contributed by atoms with Crippen molar-refractivity contribution in [3.63, 3.8) is 0 Å². The fraction of sp³-hybridized carbons (Fsp3) is 0.286. The summed E-state index contributed by atoms with van der Waals surface area (Å²) in [4.78, 5) is 26.2. The van der Waals surface area contributed by atoms with Crippen LogP contribution in [-0.4, -0.2) is 54.0 Å². The largest absolute Gasteiger partial charge is 0.369 e. The number of rotatable bonds is 5. The molecule has 28 heavy (non-hydrogen) atoms. The highest BCUT2D eigenvalue weighted by Crippen LogP contribution is 2.27. The first-order valence-electron chi connectivity index (χ1n) is 9.36. The summed E-state index contributed by atoms with van der Waals surface area (Å²) in [6.45, 7) is 4.74. The molecule has 1 fully saturated rings. The lowest BCUT2D eigenvalue weighted by Gasteiger charge is -2.34. The minimum Gasteiger partial charge on any atom is -0.369 e. The zero-order chi connectivity index (χ0) is 19.3. The molecule has 1 N–H and O–H groups in total. The second-order valence-corrected chi connectivity index (χ2v) is 7.94. The van der Waals surface area contributed by atoms with Crippen molar-refractivity contribution in [2.45, 2.75) is 6.54 Å². The number of aromatic nitrogens is 2. The van der Waals surface area contributed by atoms with E-state index < -0.39 is 0 Å². The Bertz CT molecular complexity index is 917. The maximum atomic E-state index is 12.4. The summed E-state index contributed by atoms with van der Waals surface area (Å²) in [5, 5.41) is 3.77. The van der Waals surface area contributed by atoms with Gasteiger partial charge >= 0.3 is 0 Å². The van der Waals surface area contributed by atoms with Gasteiger partial charge in [-0.3, -0.25) is 9.78 Å². The number of pyridine rings is 1. The Labute approximate surface area is 168 Å². The molecule has 1 aliphatic heterocycles. The summed E-state index contributed by atoms with van der Waals surface area (Å²) in [5.74, 6) is -0.110. The van der Waals surface area contributed by atoms with E-state index in [0.717, 1.165) is 42.3 Å². The molecule has 1 aliphatic rings. The topological polar surface area (TPSA) is 61.4 Å². The van der Waals surface area contributed by atoms with Gasteiger partial charge in [-0.25, -0.2) is 4.98 Å². The van der Waals surface area contributed by atoms with E-state index in [2.05, 4.69) is 56.4 Å². The molecule has 0 bridgehead atoms. The Morgan fingerprint density at radius 2 is 1.89 bits per heavy atom. The standard InChI is InChI=1S/C21H23N5OS/c1-25-9-11-26(12-10-25)18-6-4-17(5-7-18)21-24-15-19(28-21)20(27)23-14-16-3-2-8-22-13-16/h2-8,13,15H,9-12,14H2,1H3,(H,23,27). The Morgan fingerprint density at radius 3 is 2.61 bits per heavy atom. The Morgan fingerprint density at radius 1 is 1.11 bits per heavy atom. The normalized spacial score (nSPS) is 14.8. The predicted molar refractivity (Wildman–Crippen MR) is 113 cm³/mol. The van der Waals surface area contributed by atoms with Crippen molar-refractivity contribution in [3.05, 3.63) is 65.4 Å². The van der Waals surface area contributed by atoms with Crippen LogP contribution in [0.25, 0.3) is 10.6 Å². The summed E-state index contributed by atoms with van der Waals surface area (Å²) in [5.41, 5.74) is 3.25. The van der Waals surface area contributed by atoms with E-state index in [4.69, 9.17) is 0 Å². The second kappa shape index (κ2) is 8.50. The number of nitrogens with zero attached hydrogens (tertiary/aromatic N) is 4. The van der Waals surface area contributed by atoms with Crippen molar-refractivity contribution in [1.29, 1.82) is 0 Å². The first kappa shape index (κ1) is 18.6. The van der Waals surface area contributed by atoms with Gasteiger partial charge in [0.15, 0.2) is 0 Å². The van der Waals surface area contributed by atoms with Crippen LogP contribution in [0.3, 0.4) is 0 Å². The lowest BCUT2D eigenvalue weighted by molar-refractivity contribution is 0.0954. The van der Waals surface area contributed by atoms with Gasteiger partial charge in [-0.1, -0.05) is 6.07 Å². The summed E-state index contributed by atoms with van der Waals surface area (Å²) in [6.07, 6.45) is 5.11. The molecule has 1 amide bonds. The van der Waals surface area contributed by atoms with Crippen molar-refractivity contribution >= 4 is 22.9 Å². The van der Waals surface area contributed by atoms with Crippen LogP contribution in [0.2, 0.25) is 0 Å². The average Bonchev–Trinajstić information content (AvgIpc) is 3.24. The fourth-order valence-electron chi connectivity index (χ4n) is 3.16. The predicted octanol–water partition coefficient (Wildman–Crippen LogP) is 2.89. The molecule has 0 atom stereocenters. The second-order valence-electron chi connectivity index (χ2n) is 6.91. The van der Waals surface area contributed by atoms with Crippen LogP contribution in [0.4, 0.5) is 5.69 Å². The van der Waals surface area contributed by atoms with Gasteiger partial charge in [-0.05, 0) is 42.9 Å². The molecule has 1 saturated heterocycles. The fourth-order valence-corrected chi connectivity index (χ4v) is 4.00. The molecular formula is C21H23N5OS. The highest BCUT2D eigenvalue weighted by Gasteiger charge is 2.15. The van der Waals surface area contributed by atoms with E-state index in [0.29, 0.717) is 11.4 Å². The minimum absolute atomic E-state index is 0.110. The summed E-state index contributed by atoms with van der Waals surface area (Å²) < 4.78 is 0. The van der Waals surface area contributed by atoms with Crippen molar-refractivity contribution < 1.29 is 4.79 Å². The van der Waals surface area contributed by atoms with E-state index in [1.165, 1.54) is 17.0 Å². The molecule has 144 valence electrons. The molecule has 0 radical (unpaired) electrons. The van der Waals surface area contributed by atoms with Gasteiger partial charge in [-0.15, -0.1) is 11.3 Å². The van der Waals surface area contributed by atoms with Gasteiger partial charge in [0.2, 0.25) is 0 Å². The van der Waals surface area contributed by atoms with Crippen LogP contribution < -0.4 is 10.2 Å². The lowest BCUT2D eigenvalue weighted by Crippen LogP contribution is -2.44. The third-order valence-corrected chi connectivity index (χ3v) is 5.93. The number of hydrogen-bond acceptors (Lipinski definition) is 6. The molecule has 3 aromatic rings. The highest BCUT2D eigenvalue weighted by atomic mass is 32.1. The van der Waals surface area contributed by atoms with Gasteiger partial charge in [0.05, 0.1) is 6.20 Å². The van der Waals surface area contributed by atoms with Crippen molar-refractivity contribution in [3.8, 4) is 10.6 Å². The molecule has 6 nitrogen and oxygen atoms in total. The van der Waals surface area contributed by atoms with Crippen LogP contribution in [0.5, 0.6) is 0 Å². The quantitative estimate of drug-likeness (QED) is 0.722. The van der Waals surface area contributed by atoms with E-state index in [9.17, 15) is 4.79 Å². The molecule has 3 heterocycles. The van der Waals surface area contributed by atoms with Gasteiger partial charge in [0.1, 0.15) is 9.88 Å². The number of nitrogens with one attached hydrogen (secondary N) is 1. The molecule has 0 unspecified atom stereocenters. The number of carbonyl (C=O) groups is 1. The van der Waals surface area contributed by atoms with Crippen molar-refractivity contribution in [2.24, 2.45) is 0 Å². The van der Waals surface area contributed by atoms with Crippen LogP contribution in [-0.2, 0) is 6.54 Å². The van der Waals surface area contributed by atoms with Crippen LogP contribution in [0.1, 0.15) is 15.2 Å². The first-order valence-corrected chi connectivity index (χ1v) is 10.2. The number of anilines is 1. The summed E-state index contributed by atoms with van der Waals surface area (Å²) >= 11 is 1.41. The van der Waals surface area contributed by atoms with Crippen LogP contribution >= 0.6 is 11.3 Å². The molecule has 1 aromatic carbocycles. The SMILES string of the molecule is CN1CCN(c2ccc(-c3ncc(C(=O)NCc4cccnc4)s3)cc2)CC1. The smallest absolute Gasteiger partial charge is 0.263 e. The van der Waals surface area contributed by atoms with Crippen molar-refractivity contribution in [2.75, 3.05) is 38.1 Å². The minimum atomic E-state index is -0.110. The highest BCUT2D eigenvalue weighted by molar-refractivity contribution is 7.16. The van der Waals surface area contributed by atoms with Crippen molar-refractivity contribution in [1.82, 2.24) is 20.2 Å². The first-order chi connectivity index (χ1) is 13.7. The molecule has 0 aliphatic carbocycles. The van der Waals surface area contributed by atoms with E-state index >= 15 is 0 Å². The lowest BCUT2D eigenvalue weighted by atomic mass is 10.2. The monoisotopic (exact) mass is 393 g/mol. The zero-order valence-electron chi connectivity index (χ0n) is 15.8. The number of benzene rings is 1. The molecular weight excluding hydrogens is 370 g/mol. The average molecular weight is 394 g/mol. The van der Waals surface area contributed by atoms with E-state index in [-0.39, 0.29) is 5.91 Å². The molecule has 4 rings (SSSR count). The number of likely N-dealkylation sites (N-methyl/N-ethyl adjacent to an activating group) is 1. The number of piperazine rings is 1. The van der Waals surface area contributed by atoms with Gasteiger partial charge in [0.25, 0.3) is 5.91 Å².